The van der Waals surface area contributed by atoms with Gasteiger partial charge in [0.1, 0.15) is 5.92 Å². The first-order valence-corrected chi connectivity index (χ1v) is 5.71. The minimum absolute atomic E-state index is 0.0402. The summed E-state index contributed by atoms with van der Waals surface area (Å²) in [6, 6.07) is 5.85. The molecule has 1 aromatic heterocycles. The van der Waals surface area contributed by atoms with E-state index >= 15 is 0 Å². The number of hydrogen-bond acceptors (Lipinski definition) is 3. The third kappa shape index (κ3) is 4.23. The van der Waals surface area contributed by atoms with E-state index in [2.05, 4.69) is 10.3 Å². The molecule has 1 N–H and O–H groups in total. The third-order valence-corrected chi connectivity index (χ3v) is 2.52. The molecule has 1 aromatic rings. The molecule has 0 radical (unpaired) electrons. The number of nitriles is 1. The predicted octanol–water partition coefficient (Wildman–Crippen LogP) is 1.54. The summed E-state index contributed by atoms with van der Waals surface area (Å²) in [5, 5.41) is 11.6. The van der Waals surface area contributed by atoms with Crippen LogP contribution >= 0.6 is 0 Å². The highest BCUT2D eigenvalue weighted by molar-refractivity contribution is 5.81. The van der Waals surface area contributed by atoms with Crippen molar-refractivity contribution in [3.05, 3.63) is 30.1 Å². The second-order valence-corrected chi connectivity index (χ2v) is 4.25. The van der Waals surface area contributed by atoms with Crippen LogP contribution < -0.4 is 5.32 Å². The Morgan fingerprint density at radius 1 is 1.59 bits per heavy atom. The molecule has 0 spiro atoms. The van der Waals surface area contributed by atoms with E-state index in [0.717, 1.165) is 12.0 Å². The molecule has 1 amide bonds. The number of nitrogens with one attached hydrogen (secondary N) is 1. The van der Waals surface area contributed by atoms with Gasteiger partial charge in [-0.1, -0.05) is 19.9 Å². The van der Waals surface area contributed by atoms with Crippen LogP contribution in [0.2, 0.25) is 0 Å². The maximum absolute atomic E-state index is 11.7. The molecule has 0 bridgehead atoms. The van der Waals surface area contributed by atoms with Gasteiger partial charge in [-0.05, 0) is 24.0 Å². The van der Waals surface area contributed by atoms with Gasteiger partial charge in [0.15, 0.2) is 0 Å². The molecule has 1 heterocycles. The monoisotopic (exact) mass is 231 g/mol. The second-order valence-electron chi connectivity index (χ2n) is 4.25. The average Bonchev–Trinajstić information content (AvgIpc) is 2.30. The van der Waals surface area contributed by atoms with E-state index in [1.165, 1.54) is 0 Å². The highest BCUT2D eigenvalue weighted by Gasteiger charge is 2.20. The van der Waals surface area contributed by atoms with Crippen molar-refractivity contribution in [1.29, 1.82) is 5.26 Å². The fourth-order valence-electron chi connectivity index (χ4n) is 1.50. The Morgan fingerprint density at radius 2 is 2.35 bits per heavy atom. The van der Waals surface area contributed by atoms with Crippen LogP contribution in [0.25, 0.3) is 0 Å². The van der Waals surface area contributed by atoms with Crippen LogP contribution in [0.4, 0.5) is 0 Å². The van der Waals surface area contributed by atoms with Crippen molar-refractivity contribution in [1.82, 2.24) is 10.3 Å². The molecule has 0 aliphatic heterocycles. The zero-order valence-corrected chi connectivity index (χ0v) is 10.2. The smallest absolute Gasteiger partial charge is 0.237 e. The fourth-order valence-corrected chi connectivity index (χ4v) is 1.50. The number of hydrogen-bond donors (Lipinski definition) is 1. The molecule has 17 heavy (non-hydrogen) atoms. The van der Waals surface area contributed by atoms with E-state index in [-0.39, 0.29) is 11.8 Å². The van der Waals surface area contributed by atoms with Gasteiger partial charge in [-0.2, -0.15) is 5.26 Å². The minimum atomic E-state index is -0.566. The largest absolute Gasteiger partial charge is 0.355 e. The lowest BCUT2D eigenvalue weighted by molar-refractivity contribution is -0.124. The second kappa shape index (κ2) is 6.64. The van der Waals surface area contributed by atoms with Gasteiger partial charge in [0, 0.05) is 18.9 Å². The molecule has 0 aliphatic carbocycles. The molecule has 4 heteroatoms. The van der Waals surface area contributed by atoms with Crippen molar-refractivity contribution in [3.63, 3.8) is 0 Å². The van der Waals surface area contributed by atoms with E-state index in [0.29, 0.717) is 6.54 Å². The number of aromatic nitrogens is 1. The van der Waals surface area contributed by atoms with Crippen molar-refractivity contribution in [2.75, 3.05) is 6.54 Å². The minimum Gasteiger partial charge on any atom is -0.355 e. The zero-order valence-electron chi connectivity index (χ0n) is 10.2. The molecule has 4 nitrogen and oxygen atoms in total. The maximum Gasteiger partial charge on any atom is 0.237 e. The van der Waals surface area contributed by atoms with Crippen molar-refractivity contribution in [2.24, 2.45) is 11.8 Å². The molecule has 0 fully saturated rings. The van der Waals surface area contributed by atoms with E-state index < -0.39 is 5.92 Å². The third-order valence-electron chi connectivity index (χ3n) is 2.52. The summed E-state index contributed by atoms with van der Waals surface area (Å²) in [6.07, 6.45) is 4.22. The number of amides is 1. The summed E-state index contributed by atoms with van der Waals surface area (Å²) >= 11 is 0. The summed E-state index contributed by atoms with van der Waals surface area (Å²) in [7, 11) is 0. The van der Waals surface area contributed by atoms with Gasteiger partial charge in [0.2, 0.25) is 5.91 Å². The summed E-state index contributed by atoms with van der Waals surface area (Å²) in [5.74, 6) is -0.714. The van der Waals surface area contributed by atoms with Crippen LogP contribution in [0.5, 0.6) is 0 Å². The van der Waals surface area contributed by atoms with Crippen LogP contribution in [-0.2, 0) is 11.2 Å². The van der Waals surface area contributed by atoms with Gasteiger partial charge in [-0.15, -0.1) is 0 Å². The van der Waals surface area contributed by atoms with Gasteiger partial charge < -0.3 is 5.32 Å². The lowest BCUT2D eigenvalue weighted by Gasteiger charge is -2.12. The standard InChI is InChI=1S/C13H17N3O/c1-10(2)12(8-14)13(17)16-7-5-11-4-3-6-15-9-11/h3-4,6,9-10,12H,5,7H2,1-2H3,(H,16,17). The molecule has 0 saturated carbocycles. The van der Waals surface area contributed by atoms with Gasteiger partial charge in [-0.25, -0.2) is 0 Å². The van der Waals surface area contributed by atoms with Gasteiger partial charge in [0.05, 0.1) is 6.07 Å². The molecule has 0 aliphatic rings. The molecule has 90 valence electrons. The van der Waals surface area contributed by atoms with E-state index in [1.54, 1.807) is 12.4 Å². The molecule has 1 rings (SSSR count). The molecule has 0 saturated heterocycles. The molecular formula is C13H17N3O. The molecule has 0 aromatic carbocycles. The van der Waals surface area contributed by atoms with Crippen LogP contribution in [0.3, 0.4) is 0 Å². The van der Waals surface area contributed by atoms with Crippen molar-refractivity contribution in [3.8, 4) is 6.07 Å². The predicted molar refractivity (Wildman–Crippen MR) is 64.9 cm³/mol. The highest BCUT2D eigenvalue weighted by atomic mass is 16.1. The number of carbonyl (C=O) groups excluding carboxylic acids is 1. The number of nitrogens with zero attached hydrogens (tertiary/aromatic N) is 2. The van der Waals surface area contributed by atoms with Gasteiger partial charge >= 0.3 is 0 Å². The van der Waals surface area contributed by atoms with Crippen LogP contribution in [0.15, 0.2) is 24.5 Å². The molecule has 1 atom stereocenters. The topological polar surface area (TPSA) is 65.8 Å². The fraction of sp³-hybridized carbons (Fsp3) is 0.462. The van der Waals surface area contributed by atoms with Gasteiger partial charge in [-0.3, -0.25) is 9.78 Å². The normalized spacial score (nSPS) is 11.9. The first-order chi connectivity index (χ1) is 8.15. The SMILES string of the molecule is CC(C)C(C#N)C(=O)NCCc1cccnc1. The Kier molecular flexibility index (Phi) is 5.15. The first kappa shape index (κ1) is 13.2. The highest BCUT2D eigenvalue weighted by Crippen LogP contribution is 2.09. The lowest BCUT2D eigenvalue weighted by Crippen LogP contribution is -2.34. The van der Waals surface area contributed by atoms with Crippen LogP contribution in [0, 0.1) is 23.2 Å². The zero-order chi connectivity index (χ0) is 12.7. The number of pyridine rings is 1. The summed E-state index contributed by atoms with van der Waals surface area (Å²) < 4.78 is 0. The quantitative estimate of drug-likeness (QED) is 0.835. The van der Waals surface area contributed by atoms with E-state index in [4.69, 9.17) is 5.26 Å². The Hall–Kier alpha value is -1.89. The summed E-state index contributed by atoms with van der Waals surface area (Å²) in [5.41, 5.74) is 1.07. The van der Waals surface area contributed by atoms with Crippen molar-refractivity contribution >= 4 is 5.91 Å². The number of carbonyl (C=O) groups is 1. The molecule has 1 unspecified atom stereocenters. The van der Waals surface area contributed by atoms with Gasteiger partial charge in [0.25, 0.3) is 0 Å². The summed E-state index contributed by atoms with van der Waals surface area (Å²) in [4.78, 5) is 15.7. The molecular weight excluding hydrogens is 214 g/mol. The Labute approximate surface area is 102 Å². The van der Waals surface area contributed by atoms with E-state index in [9.17, 15) is 4.79 Å². The average molecular weight is 231 g/mol. The summed E-state index contributed by atoms with van der Waals surface area (Å²) in [6.45, 7) is 4.28. The van der Waals surface area contributed by atoms with Crippen molar-refractivity contribution in [2.45, 2.75) is 20.3 Å². The van der Waals surface area contributed by atoms with Crippen LogP contribution in [0.1, 0.15) is 19.4 Å². The lowest BCUT2D eigenvalue weighted by atomic mass is 9.96. The maximum atomic E-state index is 11.7. The Bertz CT molecular complexity index is 395. The van der Waals surface area contributed by atoms with E-state index in [1.807, 2.05) is 32.0 Å². The van der Waals surface area contributed by atoms with Crippen LogP contribution in [-0.4, -0.2) is 17.4 Å². The Morgan fingerprint density at radius 3 is 2.88 bits per heavy atom. The Balaban J connectivity index is 2.37. The first-order valence-electron chi connectivity index (χ1n) is 5.71. The van der Waals surface area contributed by atoms with Crippen molar-refractivity contribution < 1.29 is 4.79 Å². The number of rotatable bonds is 5.